The second kappa shape index (κ2) is 5.81. The van der Waals surface area contributed by atoms with Gasteiger partial charge in [0.2, 0.25) is 0 Å². The number of aliphatic carboxylic acids is 1. The molecule has 1 aromatic heterocycles. The third-order valence-corrected chi connectivity index (χ3v) is 4.92. The Hall–Kier alpha value is -1.34. The lowest BCUT2D eigenvalue weighted by molar-refractivity contribution is -0.133. The molecule has 0 radical (unpaired) electrons. The minimum absolute atomic E-state index is 0.0624. The van der Waals surface area contributed by atoms with Crippen LogP contribution in [-0.2, 0) is 4.79 Å². The van der Waals surface area contributed by atoms with E-state index < -0.39 is 5.97 Å². The van der Waals surface area contributed by atoms with Crippen molar-refractivity contribution in [2.45, 2.75) is 24.0 Å². The average molecular weight is 371 g/mol. The first-order valence-electron chi connectivity index (χ1n) is 6.43. The number of aromatic nitrogens is 2. The molecule has 7 heteroatoms. The van der Waals surface area contributed by atoms with E-state index in [1.165, 1.54) is 17.8 Å². The van der Waals surface area contributed by atoms with Crippen LogP contribution in [0.2, 0.25) is 0 Å². The van der Waals surface area contributed by atoms with Gasteiger partial charge < -0.3 is 9.67 Å². The molecule has 1 aliphatic rings. The van der Waals surface area contributed by atoms with Gasteiger partial charge >= 0.3 is 5.97 Å². The monoisotopic (exact) mass is 370 g/mol. The smallest absolute Gasteiger partial charge is 0.313 e. The normalized spacial score (nSPS) is 15.1. The van der Waals surface area contributed by atoms with Gasteiger partial charge in [-0.05, 0) is 34.8 Å². The molecule has 0 saturated heterocycles. The second-order valence-corrected chi connectivity index (χ2v) is 6.60. The van der Waals surface area contributed by atoms with Crippen molar-refractivity contribution in [2.75, 3.05) is 5.75 Å². The number of hydrogen-bond acceptors (Lipinski definition) is 3. The number of hydrogen-bond donors (Lipinski definition) is 1. The number of benzene rings is 1. The first-order valence-corrected chi connectivity index (χ1v) is 8.20. The van der Waals surface area contributed by atoms with Crippen molar-refractivity contribution in [3.63, 3.8) is 0 Å². The molecule has 1 aromatic carbocycles. The Morgan fingerprint density at radius 1 is 1.48 bits per heavy atom. The first-order chi connectivity index (χ1) is 10.1. The summed E-state index contributed by atoms with van der Waals surface area (Å²) in [6.07, 6.45) is 5.95. The Bertz CT molecular complexity index is 736. The van der Waals surface area contributed by atoms with Gasteiger partial charge in [-0.1, -0.05) is 23.9 Å². The van der Waals surface area contributed by atoms with Gasteiger partial charge in [-0.15, -0.1) is 0 Å². The lowest BCUT2D eigenvalue weighted by atomic mass is 10.2. The van der Waals surface area contributed by atoms with Crippen molar-refractivity contribution in [3.05, 3.63) is 34.6 Å². The summed E-state index contributed by atoms with van der Waals surface area (Å²) in [5, 5.41) is 9.48. The molecular formula is C14H12BrFN2O2S. The SMILES string of the molecule is O=C(O)CSc1nc2cc(F)c(Br)cc2n1C1CC=CC1. The van der Waals surface area contributed by atoms with Crippen molar-refractivity contribution in [2.24, 2.45) is 0 Å². The van der Waals surface area contributed by atoms with Crippen molar-refractivity contribution in [1.82, 2.24) is 9.55 Å². The van der Waals surface area contributed by atoms with Crippen LogP contribution in [0.15, 0.2) is 33.9 Å². The van der Waals surface area contributed by atoms with Crippen LogP contribution in [0.1, 0.15) is 18.9 Å². The van der Waals surface area contributed by atoms with E-state index in [2.05, 4.69) is 33.1 Å². The fraction of sp³-hybridized carbons (Fsp3) is 0.286. The lowest BCUT2D eigenvalue weighted by Gasteiger charge is -2.15. The number of carbonyl (C=O) groups is 1. The van der Waals surface area contributed by atoms with E-state index in [9.17, 15) is 9.18 Å². The molecule has 1 N–H and O–H groups in total. The van der Waals surface area contributed by atoms with E-state index >= 15 is 0 Å². The van der Waals surface area contributed by atoms with E-state index in [0.29, 0.717) is 15.1 Å². The molecule has 0 saturated carbocycles. The summed E-state index contributed by atoms with van der Waals surface area (Å²) in [5.41, 5.74) is 1.38. The van der Waals surface area contributed by atoms with Gasteiger partial charge in [-0.2, -0.15) is 0 Å². The Labute approximate surface area is 133 Å². The summed E-state index contributed by atoms with van der Waals surface area (Å²) in [7, 11) is 0. The molecule has 0 spiro atoms. The molecule has 0 amide bonds. The maximum Gasteiger partial charge on any atom is 0.313 e. The van der Waals surface area contributed by atoms with Crippen LogP contribution in [0.5, 0.6) is 0 Å². The fourth-order valence-corrected chi connectivity index (χ4v) is 3.60. The molecular weight excluding hydrogens is 359 g/mol. The predicted molar refractivity (Wildman–Crippen MR) is 83.2 cm³/mol. The van der Waals surface area contributed by atoms with E-state index in [1.807, 2.05) is 4.57 Å². The molecule has 110 valence electrons. The highest BCUT2D eigenvalue weighted by Crippen LogP contribution is 2.35. The highest BCUT2D eigenvalue weighted by molar-refractivity contribution is 9.10. The van der Waals surface area contributed by atoms with Gasteiger partial charge in [0.15, 0.2) is 5.16 Å². The maximum absolute atomic E-state index is 13.7. The number of nitrogens with zero attached hydrogens (tertiary/aromatic N) is 2. The summed E-state index contributed by atoms with van der Waals surface area (Å²) in [6.45, 7) is 0. The zero-order chi connectivity index (χ0) is 15.0. The predicted octanol–water partition coefficient (Wildman–Crippen LogP) is 4.01. The molecule has 0 aliphatic heterocycles. The zero-order valence-corrected chi connectivity index (χ0v) is 13.3. The van der Waals surface area contributed by atoms with Crippen LogP contribution in [0, 0.1) is 5.82 Å². The summed E-state index contributed by atoms with van der Waals surface area (Å²) in [4.78, 5) is 15.2. The van der Waals surface area contributed by atoms with Crippen LogP contribution in [-0.4, -0.2) is 26.4 Å². The summed E-state index contributed by atoms with van der Waals surface area (Å²) in [5.74, 6) is -1.32. The van der Waals surface area contributed by atoms with E-state index in [4.69, 9.17) is 5.11 Å². The third kappa shape index (κ3) is 2.85. The standard InChI is InChI=1S/C14H12BrFN2O2S/c15-9-5-12-11(6-10(9)16)17-14(21-7-13(19)20)18(12)8-3-1-2-4-8/h1-2,5-6,8H,3-4,7H2,(H,19,20). The van der Waals surface area contributed by atoms with Crippen LogP contribution in [0.4, 0.5) is 4.39 Å². The summed E-state index contributed by atoms with van der Waals surface area (Å²) >= 11 is 4.36. The van der Waals surface area contributed by atoms with E-state index in [1.54, 1.807) is 6.07 Å². The van der Waals surface area contributed by atoms with Crippen molar-refractivity contribution < 1.29 is 14.3 Å². The number of fused-ring (bicyclic) bond motifs is 1. The molecule has 2 aromatic rings. The van der Waals surface area contributed by atoms with E-state index in [0.717, 1.165) is 18.4 Å². The van der Waals surface area contributed by atoms with Crippen LogP contribution < -0.4 is 0 Å². The molecule has 0 fully saturated rings. The summed E-state index contributed by atoms with van der Waals surface area (Å²) in [6, 6.07) is 3.30. The van der Waals surface area contributed by atoms with Crippen molar-refractivity contribution in [3.8, 4) is 0 Å². The largest absolute Gasteiger partial charge is 0.481 e. The van der Waals surface area contributed by atoms with Crippen molar-refractivity contribution >= 4 is 44.7 Å². The minimum atomic E-state index is -0.893. The third-order valence-electron chi connectivity index (χ3n) is 3.37. The molecule has 21 heavy (non-hydrogen) atoms. The molecule has 1 aliphatic carbocycles. The number of thioether (sulfide) groups is 1. The highest BCUT2D eigenvalue weighted by atomic mass is 79.9. The van der Waals surface area contributed by atoms with Crippen LogP contribution in [0.25, 0.3) is 11.0 Å². The van der Waals surface area contributed by atoms with Crippen LogP contribution >= 0.6 is 27.7 Å². The minimum Gasteiger partial charge on any atom is -0.481 e. The summed E-state index contributed by atoms with van der Waals surface area (Å²) < 4.78 is 16.1. The number of halogens is 2. The number of rotatable bonds is 4. The van der Waals surface area contributed by atoms with Gasteiger partial charge in [0.05, 0.1) is 21.3 Å². The van der Waals surface area contributed by atoms with Crippen LogP contribution in [0.3, 0.4) is 0 Å². The molecule has 0 atom stereocenters. The van der Waals surface area contributed by atoms with Gasteiger partial charge in [-0.3, -0.25) is 4.79 Å². The number of imidazole rings is 1. The Kier molecular flexibility index (Phi) is 4.03. The van der Waals surface area contributed by atoms with Gasteiger partial charge in [0.1, 0.15) is 5.82 Å². The first kappa shape index (κ1) is 14.6. The molecule has 4 nitrogen and oxygen atoms in total. The molecule has 1 heterocycles. The molecule has 0 bridgehead atoms. The molecule has 0 unspecified atom stereocenters. The lowest BCUT2D eigenvalue weighted by Crippen LogP contribution is -2.08. The Morgan fingerprint density at radius 2 is 2.19 bits per heavy atom. The van der Waals surface area contributed by atoms with Gasteiger partial charge in [-0.25, -0.2) is 9.37 Å². The topological polar surface area (TPSA) is 55.1 Å². The number of allylic oxidation sites excluding steroid dienone is 2. The van der Waals surface area contributed by atoms with Gasteiger partial charge in [0.25, 0.3) is 0 Å². The molecule has 3 rings (SSSR count). The maximum atomic E-state index is 13.7. The highest BCUT2D eigenvalue weighted by Gasteiger charge is 2.22. The van der Waals surface area contributed by atoms with Crippen molar-refractivity contribution in [1.29, 1.82) is 0 Å². The average Bonchev–Trinajstić information content (AvgIpc) is 3.04. The number of carboxylic acids is 1. The van der Waals surface area contributed by atoms with E-state index in [-0.39, 0.29) is 17.6 Å². The fourth-order valence-electron chi connectivity index (χ4n) is 2.46. The second-order valence-electron chi connectivity index (χ2n) is 4.80. The number of carboxylic acid groups (broad SMARTS) is 1. The Balaban J connectivity index is 2.10. The Morgan fingerprint density at radius 3 is 2.86 bits per heavy atom. The van der Waals surface area contributed by atoms with Gasteiger partial charge in [0, 0.05) is 12.1 Å². The quantitative estimate of drug-likeness (QED) is 0.652. The zero-order valence-electron chi connectivity index (χ0n) is 10.9.